The molecule has 2 aromatic rings. The molecule has 1 heterocycles. The number of hydrogen-bond donors (Lipinski definition) is 1. The van der Waals surface area contributed by atoms with Crippen LogP contribution < -0.4 is 5.73 Å². The number of nitrogens with two attached hydrogens (primary N) is 1. The van der Waals surface area contributed by atoms with E-state index in [0.717, 1.165) is 10.6 Å². The molecular weight excluding hydrogens is 244 g/mol. The minimum absolute atomic E-state index is 0.431. The van der Waals surface area contributed by atoms with Crippen LogP contribution in [-0.4, -0.2) is 10.9 Å². The number of benzene rings is 1. The summed E-state index contributed by atoms with van der Waals surface area (Å²) in [5.41, 5.74) is 6.26. The van der Waals surface area contributed by atoms with Crippen LogP contribution in [0.2, 0.25) is 5.02 Å². The van der Waals surface area contributed by atoms with Crippen molar-refractivity contribution in [3.63, 3.8) is 0 Å². The highest BCUT2D eigenvalue weighted by atomic mass is 35.5. The lowest BCUT2D eigenvalue weighted by molar-refractivity contribution is 0.100. The summed E-state index contributed by atoms with van der Waals surface area (Å²) in [5.74, 6) is -0.431. The third-order valence-electron chi connectivity index (χ3n) is 2.07. The van der Waals surface area contributed by atoms with Crippen molar-refractivity contribution in [2.24, 2.45) is 5.73 Å². The van der Waals surface area contributed by atoms with E-state index in [1.165, 1.54) is 17.5 Å². The van der Waals surface area contributed by atoms with Crippen molar-refractivity contribution < 1.29 is 4.79 Å². The normalized spacial score (nSPS) is 10.3. The molecule has 0 aliphatic rings. The van der Waals surface area contributed by atoms with Crippen molar-refractivity contribution >= 4 is 28.8 Å². The molecule has 0 spiro atoms. The first kappa shape index (κ1) is 11.1. The second kappa shape index (κ2) is 4.63. The molecule has 3 nitrogen and oxygen atoms in total. The zero-order valence-electron chi connectivity index (χ0n) is 8.31. The molecule has 0 saturated heterocycles. The van der Waals surface area contributed by atoms with Crippen LogP contribution in [0.5, 0.6) is 0 Å². The van der Waals surface area contributed by atoms with Crippen LogP contribution in [0.4, 0.5) is 0 Å². The summed E-state index contributed by atoms with van der Waals surface area (Å²) >= 11 is 7.11. The third-order valence-corrected chi connectivity index (χ3v) is 3.33. The average Bonchev–Trinajstić information content (AvgIpc) is 2.70. The fraction of sp³-hybridized carbons (Fsp3) is 0.0909. The molecule has 1 aromatic heterocycles. The zero-order valence-corrected chi connectivity index (χ0v) is 9.89. The summed E-state index contributed by atoms with van der Waals surface area (Å²) in [6.07, 6.45) is 2.20. The van der Waals surface area contributed by atoms with Gasteiger partial charge < -0.3 is 5.73 Å². The van der Waals surface area contributed by atoms with E-state index in [4.69, 9.17) is 17.3 Å². The van der Waals surface area contributed by atoms with Crippen molar-refractivity contribution in [2.75, 3.05) is 0 Å². The van der Waals surface area contributed by atoms with Crippen LogP contribution in [0.25, 0.3) is 0 Å². The number of aromatic nitrogens is 1. The Labute approximate surface area is 102 Å². The van der Waals surface area contributed by atoms with Crippen LogP contribution in [0.15, 0.2) is 30.5 Å². The molecule has 1 amide bonds. The summed E-state index contributed by atoms with van der Waals surface area (Å²) in [6, 6.07) is 7.54. The maximum Gasteiger partial charge on any atom is 0.260 e. The Kier molecular flexibility index (Phi) is 3.22. The summed E-state index contributed by atoms with van der Waals surface area (Å²) in [7, 11) is 0. The predicted octanol–water partition coefficient (Wildman–Crippen LogP) is 2.49. The van der Waals surface area contributed by atoms with Crippen LogP contribution >= 0.6 is 22.9 Å². The molecule has 2 rings (SSSR count). The van der Waals surface area contributed by atoms with Crippen molar-refractivity contribution in [3.8, 4) is 0 Å². The summed E-state index contributed by atoms with van der Waals surface area (Å²) < 4.78 is 0. The Morgan fingerprint density at radius 2 is 2.06 bits per heavy atom. The van der Waals surface area contributed by atoms with Crippen LogP contribution in [0.1, 0.15) is 20.2 Å². The van der Waals surface area contributed by atoms with Crippen molar-refractivity contribution in [1.29, 1.82) is 0 Å². The van der Waals surface area contributed by atoms with Gasteiger partial charge in [0, 0.05) is 11.4 Å². The summed E-state index contributed by atoms with van der Waals surface area (Å²) in [5, 5.41) is 1.58. The van der Waals surface area contributed by atoms with Crippen LogP contribution in [0.3, 0.4) is 0 Å². The van der Waals surface area contributed by atoms with E-state index in [0.29, 0.717) is 16.3 Å². The van der Waals surface area contributed by atoms with Gasteiger partial charge in [0.1, 0.15) is 4.88 Å². The average molecular weight is 253 g/mol. The highest BCUT2D eigenvalue weighted by molar-refractivity contribution is 7.13. The van der Waals surface area contributed by atoms with Gasteiger partial charge in [-0.15, -0.1) is 11.3 Å². The number of halogens is 1. The highest BCUT2D eigenvalue weighted by Gasteiger charge is 2.07. The lowest BCUT2D eigenvalue weighted by Gasteiger charge is -1.97. The van der Waals surface area contributed by atoms with Gasteiger partial charge in [0.15, 0.2) is 0 Å². The fourth-order valence-corrected chi connectivity index (χ4v) is 2.21. The molecule has 0 aliphatic carbocycles. The Balaban J connectivity index is 2.14. The first-order valence-corrected chi connectivity index (χ1v) is 5.83. The molecule has 0 radical (unpaired) electrons. The van der Waals surface area contributed by atoms with Gasteiger partial charge in [0.05, 0.1) is 11.2 Å². The molecule has 82 valence electrons. The molecule has 5 heteroatoms. The first-order chi connectivity index (χ1) is 7.65. The van der Waals surface area contributed by atoms with Gasteiger partial charge in [0.2, 0.25) is 0 Å². The summed E-state index contributed by atoms with van der Waals surface area (Å²) in [6.45, 7) is 0. The molecule has 0 saturated carbocycles. The highest BCUT2D eigenvalue weighted by Crippen LogP contribution is 2.17. The topological polar surface area (TPSA) is 56.0 Å². The van der Waals surface area contributed by atoms with E-state index in [9.17, 15) is 4.79 Å². The minimum Gasteiger partial charge on any atom is -0.365 e. The molecule has 0 bridgehead atoms. The second-order valence-electron chi connectivity index (χ2n) is 3.29. The molecular formula is C11H9ClN2OS. The van der Waals surface area contributed by atoms with Gasteiger partial charge >= 0.3 is 0 Å². The Morgan fingerprint density at radius 3 is 2.62 bits per heavy atom. The van der Waals surface area contributed by atoms with Gasteiger partial charge in [0.25, 0.3) is 5.91 Å². The smallest absolute Gasteiger partial charge is 0.260 e. The van der Waals surface area contributed by atoms with E-state index in [2.05, 4.69) is 4.98 Å². The Hall–Kier alpha value is -1.39. The van der Waals surface area contributed by atoms with Gasteiger partial charge in [-0.1, -0.05) is 23.7 Å². The second-order valence-corrected chi connectivity index (χ2v) is 4.84. The number of nitrogens with zero attached hydrogens (tertiary/aromatic N) is 1. The maximum atomic E-state index is 10.9. The van der Waals surface area contributed by atoms with Gasteiger partial charge in [-0.2, -0.15) is 0 Å². The quantitative estimate of drug-likeness (QED) is 0.913. The van der Waals surface area contributed by atoms with Crippen molar-refractivity contribution in [1.82, 2.24) is 4.98 Å². The van der Waals surface area contributed by atoms with Gasteiger partial charge in [-0.25, -0.2) is 4.98 Å². The minimum atomic E-state index is -0.431. The summed E-state index contributed by atoms with van der Waals surface area (Å²) in [4.78, 5) is 15.5. The van der Waals surface area contributed by atoms with Gasteiger partial charge in [-0.3, -0.25) is 4.79 Å². The number of thiazole rings is 1. The van der Waals surface area contributed by atoms with Crippen LogP contribution in [0, 0.1) is 0 Å². The van der Waals surface area contributed by atoms with Crippen LogP contribution in [-0.2, 0) is 6.42 Å². The van der Waals surface area contributed by atoms with E-state index in [-0.39, 0.29) is 0 Å². The number of carbonyl (C=O) groups is 1. The van der Waals surface area contributed by atoms with E-state index < -0.39 is 5.91 Å². The number of amides is 1. The SMILES string of the molecule is NC(=O)c1cnc(Cc2ccc(Cl)cc2)s1. The third kappa shape index (κ3) is 2.59. The van der Waals surface area contributed by atoms with E-state index in [1.807, 2.05) is 24.3 Å². The van der Waals surface area contributed by atoms with Crippen molar-refractivity contribution in [3.05, 3.63) is 50.9 Å². The fourth-order valence-electron chi connectivity index (χ4n) is 1.28. The molecule has 0 unspecified atom stereocenters. The number of primary amides is 1. The zero-order chi connectivity index (χ0) is 11.5. The molecule has 0 atom stereocenters. The van der Waals surface area contributed by atoms with E-state index >= 15 is 0 Å². The first-order valence-electron chi connectivity index (χ1n) is 4.64. The number of carbonyl (C=O) groups excluding carboxylic acids is 1. The maximum absolute atomic E-state index is 10.9. The van der Waals surface area contributed by atoms with Gasteiger partial charge in [-0.05, 0) is 17.7 Å². The predicted molar refractivity (Wildman–Crippen MR) is 64.9 cm³/mol. The van der Waals surface area contributed by atoms with E-state index in [1.54, 1.807) is 0 Å². The Bertz CT molecular complexity index is 507. The monoisotopic (exact) mass is 252 g/mol. The molecule has 2 N–H and O–H groups in total. The lowest BCUT2D eigenvalue weighted by Crippen LogP contribution is -2.08. The lowest BCUT2D eigenvalue weighted by atomic mass is 10.2. The molecule has 0 fully saturated rings. The molecule has 0 aliphatic heterocycles. The number of rotatable bonds is 3. The standard InChI is InChI=1S/C11H9ClN2OS/c12-8-3-1-7(2-4-8)5-10-14-6-9(16-10)11(13)15/h1-4,6H,5H2,(H2,13,15). The van der Waals surface area contributed by atoms with Crippen molar-refractivity contribution in [2.45, 2.75) is 6.42 Å². The molecule has 1 aromatic carbocycles. The largest absolute Gasteiger partial charge is 0.365 e. The molecule has 16 heavy (non-hydrogen) atoms. The number of hydrogen-bond acceptors (Lipinski definition) is 3. The Morgan fingerprint density at radius 1 is 1.38 bits per heavy atom.